The van der Waals surface area contributed by atoms with Crippen LogP contribution in [-0.2, 0) is 14.2 Å². The third-order valence-corrected chi connectivity index (χ3v) is 4.28. The standard InChI is InChI=1S/C13H23N3O3/c1-5-13(7-6-8-15-16-14)9(2)10-11(19-13)18-12(3,4)17-10/h9-11H,5-8H2,1-4H3/t9-,10+,11-,13-/m0/s1. The zero-order chi connectivity index (χ0) is 14.1. The van der Waals surface area contributed by atoms with E-state index in [4.69, 9.17) is 19.7 Å². The van der Waals surface area contributed by atoms with Gasteiger partial charge in [0.1, 0.15) is 6.10 Å². The lowest BCUT2D eigenvalue weighted by molar-refractivity contribution is -0.233. The molecule has 2 heterocycles. The molecule has 0 saturated carbocycles. The average Bonchev–Trinajstić information content (AvgIpc) is 2.78. The fraction of sp³-hybridized carbons (Fsp3) is 1.00. The number of nitrogens with zero attached hydrogens (tertiary/aromatic N) is 3. The van der Waals surface area contributed by atoms with Crippen molar-refractivity contribution in [3.8, 4) is 0 Å². The van der Waals surface area contributed by atoms with Crippen LogP contribution in [0, 0.1) is 5.92 Å². The molecule has 6 heteroatoms. The van der Waals surface area contributed by atoms with Crippen LogP contribution in [0.5, 0.6) is 0 Å². The highest BCUT2D eigenvalue weighted by Crippen LogP contribution is 2.48. The Morgan fingerprint density at radius 2 is 2.00 bits per heavy atom. The van der Waals surface area contributed by atoms with Crippen LogP contribution in [0.1, 0.15) is 47.0 Å². The van der Waals surface area contributed by atoms with E-state index in [1.165, 1.54) is 0 Å². The summed E-state index contributed by atoms with van der Waals surface area (Å²) in [7, 11) is 0. The quantitative estimate of drug-likeness (QED) is 0.332. The van der Waals surface area contributed by atoms with Gasteiger partial charge in [0.05, 0.1) is 5.60 Å². The van der Waals surface area contributed by atoms with Gasteiger partial charge in [-0.25, -0.2) is 0 Å². The molecule has 108 valence electrons. The molecular weight excluding hydrogens is 246 g/mol. The summed E-state index contributed by atoms with van der Waals surface area (Å²) in [5.41, 5.74) is 8.08. The van der Waals surface area contributed by atoms with E-state index in [0.717, 1.165) is 19.3 Å². The van der Waals surface area contributed by atoms with Crippen LogP contribution < -0.4 is 0 Å². The summed E-state index contributed by atoms with van der Waals surface area (Å²) in [6.45, 7) is 8.62. The van der Waals surface area contributed by atoms with Crippen molar-refractivity contribution in [1.29, 1.82) is 0 Å². The third-order valence-electron chi connectivity index (χ3n) is 4.28. The summed E-state index contributed by atoms with van der Waals surface area (Å²) in [5.74, 6) is -0.287. The smallest absolute Gasteiger partial charge is 0.188 e. The van der Waals surface area contributed by atoms with Gasteiger partial charge in [0.25, 0.3) is 0 Å². The van der Waals surface area contributed by atoms with Gasteiger partial charge < -0.3 is 14.2 Å². The molecule has 6 nitrogen and oxygen atoms in total. The molecule has 0 aromatic carbocycles. The monoisotopic (exact) mass is 269 g/mol. The van der Waals surface area contributed by atoms with Crippen molar-refractivity contribution in [3.05, 3.63) is 10.4 Å². The topological polar surface area (TPSA) is 76.5 Å². The van der Waals surface area contributed by atoms with Gasteiger partial charge in [-0.3, -0.25) is 0 Å². The first-order chi connectivity index (χ1) is 8.94. The van der Waals surface area contributed by atoms with Crippen LogP contribution >= 0.6 is 0 Å². The van der Waals surface area contributed by atoms with E-state index in [9.17, 15) is 0 Å². The van der Waals surface area contributed by atoms with Gasteiger partial charge in [-0.1, -0.05) is 19.0 Å². The Balaban J connectivity index is 2.02. The van der Waals surface area contributed by atoms with Gasteiger partial charge in [-0.2, -0.15) is 0 Å². The van der Waals surface area contributed by atoms with E-state index >= 15 is 0 Å². The normalized spacial score (nSPS) is 39.9. The molecule has 0 radical (unpaired) electrons. The van der Waals surface area contributed by atoms with Gasteiger partial charge in [-0.05, 0) is 38.6 Å². The number of hydrogen-bond donors (Lipinski definition) is 0. The highest BCUT2D eigenvalue weighted by atomic mass is 16.8. The maximum absolute atomic E-state index is 8.31. The molecule has 2 fully saturated rings. The molecule has 0 bridgehead atoms. The minimum absolute atomic E-state index is 0.00517. The molecule has 4 atom stereocenters. The lowest BCUT2D eigenvalue weighted by Gasteiger charge is -2.34. The fourth-order valence-electron chi connectivity index (χ4n) is 3.19. The molecule has 2 rings (SSSR count). The van der Waals surface area contributed by atoms with E-state index in [1.54, 1.807) is 0 Å². The summed E-state index contributed by atoms with van der Waals surface area (Å²) in [6.07, 6.45) is 2.32. The van der Waals surface area contributed by atoms with E-state index in [2.05, 4.69) is 23.9 Å². The molecule has 19 heavy (non-hydrogen) atoms. The van der Waals surface area contributed by atoms with Crippen molar-refractivity contribution >= 4 is 0 Å². The minimum Gasteiger partial charge on any atom is -0.343 e. The van der Waals surface area contributed by atoms with Gasteiger partial charge in [0, 0.05) is 17.4 Å². The second-order valence-electron chi connectivity index (χ2n) is 5.85. The number of ether oxygens (including phenoxy) is 3. The average molecular weight is 269 g/mol. The number of fused-ring (bicyclic) bond motifs is 1. The molecular formula is C13H23N3O3. The zero-order valence-corrected chi connectivity index (χ0v) is 12.1. The number of hydrogen-bond acceptors (Lipinski definition) is 4. The second-order valence-corrected chi connectivity index (χ2v) is 5.85. The van der Waals surface area contributed by atoms with Crippen LogP contribution in [0.25, 0.3) is 10.4 Å². The van der Waals surface area contributed by atoms with Gasteiger partial charge in [0.2, 0.25) is 0 Å². The highest BCUT2D eigenvalue weighted by molar-refractivity contribution is 5.00. The van der Waals surface area contributed by atoms with E-state index in [-0.39, 0.29) is 23.9 Å². The first-order valence-corrected chi connectivity index (χ1v) is 6.98. The Kier molecular flexibility index (Phi) is 4.06. The van der Waals surface area contributed by atoms with E-state index in [1.807, 2.05) is 13.8 Å². The first-order valence-electron chi connectivity index (χ1n) is 6.98. The molecule has 0 unspecified atom stereocenters. The van der Waals surface area contributed by atoms with E-state index in [0.29, 0.717) is 6.54 Å². The molecule has 2 aliphatic heterocycles. The second kappa shape index (κ2) is 5.29. The predicted molar refractivity (Wildman–Crippen MR) is 70.3 cm³/mol. The first kappa shape index (κ1) is 14.6. The van der Waals surface area contributed by atoms with Gasteiger partial charge >= 0.3 is 0 Å². The Labute approximate surface area is 114 Å². The summed E-state index contributed by atoms with van der Waals surface area (Å²) < 4.78 is 17.9. The number of rotatable bonds is 5. The van der Waals surface area contributed by atoms with Gasteiger partial charge in [-0.15, -0.1) is 0 Å². The van der Waals surface area contributed by atoms with Crippen molar-refractivity contribution in [3.63, 3.8) is 0 Å². The summed E-state index contributed by atoms with van der Waals surface area (Å²) in [5, 5.41) is 3.58. The number of azide groups is 1. The lowest BCUT2D eigenvalue weighted by atomic mass is 9.81. The molecule has 2 aliphatic rings. The van der Waals surface area contributed by atoms with Crippen LogP contribution in [0.2, 0.25) is 0 Å². The third kappa shape index (κ3) is 2.72. The van der Waals surface area contributed by atoms with Crippen molar-refractivity contribution < 1.29 is 14.2 Å². The Hall–Kier alpha value is -0.810. The molecule has 0 spiro atoms. The van der Waals surface area contributed by atoms with Crippen molar-refractivity contribution in [2.45, 2.75) is 70.7 Å². The molecule has 0 amide bonds. The van der Waals surface area contributed by atoms with Crippen molar-refractivity contribution in [2.24, 2.45) is 11.0 Å². The Morgan fingerprint density at radius 1 is 1.26 bits per heavy atom. The molecule has 0 aromatic rings. The maximum Gasteiger partial charge on any atom is 0.188 e. The Morgan fingerprint density at radius 3 is 2.58 bits per heavy atom. The summed E-state index contributed by atoms with van der Waals surface area (Å²) in [6, 6.07) is 0. The molecule has 0 N–H and O–H groups in total. The van der Waals surface area contributed by atoms with Crippen LogP contribution in [-0.4, -0.2) is 30.3 Å². The summed E-state index contributed by atoms with van der Waals surface area (Å²) in [4.78, 5) is 2.78. The fourth-order valence-corrected chi connectivity index (χ4v) is 3.19. The minimum atomic E-state index is -0.561. The zero-order valence-electron chi connectivity index (χ0n) is 12.1. The van der Waals surface area contributed by atoms with Crippen LogP contribution in [0.3, 0.4) is 0 Å². The highest BCUT2D eigenvalue weighted by Gasteiger charge is 2.58. The molecule has 0 aliphatic carbocycles. The van der Waals surface area contributed by atoms with Crippen LogP contribution in [0.4, 0.5) is 0 Å². The molecule has 0 aromatic heterocycles. The van der Waals surface area contributed by atoms with Crippen molar-refractivity contribution in [1.82, 2.24) is 0 Å². The SMILES string of the molecule is CC[C@@]1(CCCN=[N+]=[N-])O[C@@H]2OC(C)(C)O[C@@H]2[C@@H]1C. The van der Waals surface area contributed by atoms with Gasteiger partial charge in [0.15, 0.2) is 12.1 Å². The van der Waals surface area contributed by atoms with E-state index < -0.39 is 5.79 Å². The molecule has 2 saturated heterocycles. The van der Waals surface area contributed by atoms with Crippen LogP contribution in [0.15, 0.2) is 5.11 Å². The predicted octanol–water partition coefficient (Wildman–Crippen LogP) is 3.37. The summed E-state index contributed by atoms with van der Waals surface area (Å²) >= 11 is 0. The lowest BCUT2D eigenvalue weighted by Crippen LogP contribution is -2.39. The Bertz CT molecular complexity index is 381. The maximum atomic E-state index is 8.31. The van der Waals surface area contributed by atoms with Crippen molar-refractivity contribution in [2.75, 3.05) is 6.54 Å². The largest absolute Gasteiger partial charge is 0.343 e.